The molecule has 1 atom stereocenters. The topological polar surface area (TPSA) is 38.7 Å². The van der Waals surface area contributed by atoms with Gasteiger partial charge in [0, 0.05) is 24.2 Å². The summed E-state index contributed by atoms with van der Waals surface area (Å²) in [5.41, 5.74) is 0.361. The molecule has 0 aromatic heterocycles. The van der Waals surface area contributed by atoms with Crippen molar-refractivity contribution in [1.29, 1.82) is 0 Å². The summed E-state index contributed by atoms with van der Waals surface area (Å²) in [6, 6.07) is 1.53. The van der Waals surface area contributed by atoms with Crippen LogP contribution in [0.4, 0.5) is 4.39 Å². The van der Waals surface area contributed by atoms with Crippen molar-refractivity contribution in [2.45, 2.75) is 12.8 Å². The fourth-order valence-electron chi connectivity index (χ4n) is 1.54. The van der Waals surface area contributed by atoms with Crippen molar-refractivity contribution >= 4 is 15.9 Å². The Labute approximate surface area is 94.9 Å². The van der Waals surface area contributed by atoms with Crippen LogP contribution in [0.3, 0.4) is 0 Å². The van der Waals surface area contributed by atoms with Crippen molar-refractivity contribution in [2.75, 3.05) is 13.4 Å². The smallest absolute Gasteiger partial charge is 0.231 e. The SMILES string of the molecule is CC(CO)c1c(F)c(Br)cc2c1OCO2. The van der Waals surface area contributed by atoms with Gasteiger partial charge >= 0.3 is 0 Å². The Balaban J connectivity index is 2.60. The molecule has 1 aliphatic heterocycles. The molecule has 0 aliphatic carbocycles. The second-order valence-electron chi connectivity index (χ2n) is 3.40. The van der Waals surface area contributed by atoms with Crippen LogP contribution in [-0.2, 0) is 0 Å². The Morgan fingerprint density at radius 1 is 1.60 bits per heavy atom. The standard InChI is InChI=1S/C10H10BrFO3/c1-5(3-13)8-9(12)6(11)2-7-10(8)15-4-14-7/h2,5,13H,3-4H2,1H3. The van der Waals surface area contributed by atoms with Crippen LogP contribution in [-0.4, -0.2) is 18.5 Å². The molecule has 0 fully saturated rings. The van der Waals surface area contributed by atoms with Gasteiger partial charge in [-0.05, 0) is 15.9 Å². The summed E-state index contributed by atoms with van der Waals surface area (Å²) in [6.45, 7) is 1.69. The molecule has 82 valence electrons. The first-order valence-corrected chi connectivity index (χ1v) is 5.32. The van der Waals surface area contributed by atoms with Gasteiger partial charge in [0.05, 0.1) is 4.47 Å². The third kappa shape index (κ3) is 1.70. The van der Waals surface area contributed by atoms with Gasteiger partial charge in [0.2, 0.25) is 6.79 Å². The number of benzene rings is 1. The maximum Gasteiger partial charge on any atom is 0.231 e. The highest BCUT2D eigenvalue weighted by Gasteiger charge is 2.26. The van der Waals surface area contributed by atoms with Gasteiger partial charge < -0.3 is 14.6 Å². The minimum atomic E-state index is -0.402. The Hall–Kier alpha value is -0.810. The van der Waals surface area contributed by atoms with Crippen molar-refractivity contribution in [1.82, 2.24) is 0 Å². The lowest BCUT2D eigenvalue weighted by Crippen LogP contribution is -2.04. The second-order valence-corrected chi connectivity index (χ2v) is 4.26. The van der Waals surface area contributed by atoms with Gasteiger partial charge in [-0.25, -0.2) is 4.39 Å². The van der Waals surface area contributed by atoms with Crippen molar-refractivity contribution in [3.05, 3.63) is 21.9 Å². The third-order valence-corrected chi connectivity index (χ3v) is 2.93. The lowest BCUT2D eigenvalue weighted by Gasteiger charge is -2.13. The van der Waals surface area contributed by atoms with Crippen molar-refractivity contribution in [2.24, 2.45) is 0 Å². The minimum absolute atomic E-state index is 0.0936. The molecule has 1 unspecified atom stereocenters. The molecular formula is C10H10BrFO3. The fraction of sp³-hybridized carbons (Fsp3) is 0.400. The number of aliphatic hydroxyl groups excluding tert-OH is 1. The van der Waals surface area contributed by atoms with Crippen LogP contribution < -0.4 is 9.47 Å². The van der Waals surface area contributed by atoms with Crippen LogP contribution in [0.1, 0.15) is 18.4 Å². The van der Waals surface area contributed by atoms with E-state index in [1.54, 1.807) is 6.92 Å². The Bertz CT molecular complexity index is 395. The second kappa shape index (κ2) is 3.98. The van der Waals surface area contributed by atoms with E-state index in [0.717, 1.165) is 0 Å². The molecule has 1 aliphatic rings. The number of hydrogen-bond donors (Lipinski definition) is 1. The van der Waals surface area contributed by atoms with Crippen LogP contribution in [0.15, 0.2) is 10.5 Å². The van der Waals surface area contributed by atoms with Gasteiger partial charge in [0.15, 0.2) is 11.5 Å². The molecule has 2 rings (SSSR count). The average Bonchev–Trinajstić information content (AvgIpc) is 2.66. The molecule has 0 spiro atoms. The van der Waals surface area contributed by atoms with Crippen molar-refractivity contribution in [3.8, 4) is 11.5 Å². The summed E-state index contributed by atoms with van der Waals surface area (Å²) >= 11 is 3.10. The van der Waals surface area contributed by atoms with E-state index < -0.39 is 5.82 Å². The van der Waals surface area contributed by atoms with Gasteiger partial charge in [-0.2, -0.15) is 0 Å². The first-order valence-electron chi connectivity index (χ1n) is 4.53. The summed E-state index contributed by atoms with van der Waals surface area (Å²) < 4.78 is 24.5. The number of rotatable bonds is 2. The predicted molar refractivity (Wildman–Crippen MR) is 55.7 cm³/mol. The zero-order valence-electron chi connectivity index (χ0n) is 8.09. The maximum absolute atomic E-state index is 13.8. The Morgan fingerprint density at radius 3 is 3.00 bits per heavy atom. The van der Waals surface area contributed by atoms with Gasteiger partial charge in [-0.3, -0.25) is 0 Å². The fourth-order valence-corrected chi connectivity index (χ4v) is 1.97. The number of hydrogen-bond acceptors (Lipinski definition) is 3. The zero-order chi connectivity index (χ0) is 11.0. The summed E-state index contributed by atoms with van der Waals surface area (Å²) in [7, 11) is 0. The lowest BCUT2D eigenvalue weighted by atomic mass is 10.00. The summed E-state index contributed by atoms with van der Waals surface area (Å²) in [5, 5.41) is 9.06. The van der Waals surface area contributed by atoms with E-state index in [-0.39, 0.29) is 19.3 Å². The summed E-state index contributed by atoms with van der Waals surface area (Å²) in [5.74, 6) is 0.189. The molecule has 3 nitrogen and oxygen atoms in total. The molecular weight excluding hydrogens is 267 g/mol. The zero-order valence-corrected chi connectivity index (χ0v) is 9.67. The van der Waals surface area contributed by atoms with Gasteiger partial charge in [-0.15, -0.1) is 0 Å². The van der Waals surface area contributed by atoms with Gasteiger partial charge in [0.1, 0.15) is 5.82 Å². The number of halogens is 2. The highest BCUT2D eigenvalue weighted by atomic mass is 79.9. The van der Waals surface area contributed by atoms with Gasteiger partial charge in [0.25, 0.3) is 0 Å². The van der Waals surface area contributed by atoms with Crippen LogP contribution >= 0.6 is 15.9 Å². The molecule has 15 heavy (non-hydrogen) atoms. The van der Waals surface area contributed by atoms with Gasteiger partial charge in [-0.1, -0.05) is 6.92 Å². The number of ether oxygens (including phenoxy) is 2. The Morgan fingerprint density at radius 2 is 2.33 bits per heavy atom. The summed E-state index contributed by atoms with van der Waals surface area (Å²) in [4.78, 5) is 0. The molecule has 0 saturated heterocycles. The molecule has 5 heteroatoms. The molecule has 0 radical (unpaired) electrons. The number of aliphatic hydroxyl groups is 1. The lowest BCUT2D eigenvalue weighted by molar-refractivity contribution is 0.172. The van der Waals surface area contributed by atoms with E-state index in [0.29, 0.717) is 21.5 Å². The Kier molecular flexibility index (Phi) is 2.84. The van der Waals surface area contributed by atoms with E-state index >= 15 is 0 Å². The van der Waals surface area contributed by atoms with E-state index in [1.807, 2.05) is 0 Å². The van der Waals surface area contributed by atoms with E-state index in [4.69, 9.17) is 14.6 Å². The summed E-state index contributed by atoms with van der Waals surface area (Å²) in [6.07, 6.45) is 0. The average molecular weight is 277 g/mol. The monoisotopic (exact) mass is 276 g/mol. The first kappa shape index (κ1) is 10.7. The molecule has 1 aromatic rings. The van der Waals surface area contributed by atoms with E-state index in [1.165, 1.54) is 6.07 Å². The maximum atomic E-state index is 13.8. The molecule has 1 heterocycles. The molecule has 1 aromatic carbocycles. The van der Waals surface area contributed by atoms with E-state index in [9.17, 15) is 4.39 Å². The molecule has 1 N–H and O–H groups in total. The molecule has 0 amide bonds. The van der Waals surface area contributed by atoms with Crippen LogP contribution in [0, 0.1) is 5.82 Å². The van der Waals surface area contributed by atoms with Crippen molar-refractivity contribution < 1.29 is 19.0 Å². The largest absolute Gasteiger partial charge is 0.454 e. The van der Waals surface area contributed by atoms with Crippen molar-refractivity contribution in [3.63, 3.8) is 0 Å². The number of fused-ring (bicyclic) bond motifs is 1. The first-order chi connectivity index (χ1) is 7.15. The normalized spacial score (nSPS) is 15.5. The van der Waals surface area contributed by atoms with Crippen LogP contribution in [0.2, 0.25) is 0 Å². The molecule has 0 saturated carbocycles. The highest BCUT2D eigenvalue weighted by Crippen LogP contribution is 2.43. The predicted octanol–water partition coefficient (Wildman–Crippen LogP) is 2.41. The highest BCUT2D eigenvalue weighted by molar-refractivity contribution is 9.10. The van der Waals surface area contributed by atoms with E-state index in [2.05, 4.69) is 15.9 Å². The van der Waals surface area contributed by atoms with Crippen LogP contribution in [0.5, 0.6) is 11.5 Å². The third-order valence-electron chi connectivity index (χ3n) is 2.36. The van der Waals surface area contributed by atoms with Crippen LogP contribution in [0.25, 0.3) is 0 Å². The molecule has 0 bridgehead atoms. The minimum Gasteiger partial charge on any atom is -0.454 e. The quantitative estimate of drug-likeness (QED) is 0.902.